The van der Waals surface area contributed by atoms with Crippen molar-refractivity contribution in [3.63, 3.8) is 0 Å². The third kappa shape index (κ3) is 5.79. The van der Waals surface area contributed by atoms with E-state index in [1.165, 1.54) is 11.1 Å². The summed E-state index contributed by atoms with van der Waals surface area (Å²) in [6.45, 7) is 9.85. The van der Waals surface area contributed by atoms with Crippen LogP contribution in [-0.4, -0.2) is 47.2 Å². The van der Waals surface area contributed by atoms with Gasteiger partial charge in [-0.2, -0.15) is 0 Å². The van der Waals surface area contributed by atoms with E-state index in [1.807, 2.05) is 35.2 Å². The zero-order valence-electron chi connectivity index (χ0n) is 18.5. The number of amides is 1. The Morgan fingerprint density at radius 1 is 0.933 bits per heavy atom. The number of benzene rings is 2. The highest BCUT2D eigenvalue weighted by Gasteiger charge is 2.32. The number of aryl methyl sites for hydroxylation is 1. The van der Waals surface area contributed by atoms with Gasteiger partial charge in [-0.15, -0.1) is 0 Å². The van der Waals surface area contributed by atoms with Gasteiger partial charge >= 0.3 is 0 Å². The maximum Gasteiger partial charge on any atom is 0.223 e. The average molecular weight is 407 g/mol. The summed E-state index contributed by atoms with van der Waals surface area (Å²) < 4.78 is 0. The summed E-state index contributed by atoms with van der Waals surface area (Å²) in [7, 11) is 0. The Balaban J connectivity index is 1.55. The van der Waals surface area contributed by atoms with E-state index in [2.05, 4.69) is 49.9 Å². The van der Waals surface area contributed by atoms with E-state index in [4.69, 9.17) is 0 Å². The molecule has 3 rings (SSSR count). The molecule has 160 valence electrons. The van der Waals surface area contributed by atoms with Crippen LogP contribution in [0.4, 0.5) is 0 Å². The van der Waals surface area contributed by atoms with Gasteiger partial charge in [0, 0.05) is 50.6 Å². The van der Waals surface area contributed by atoms with Crippen molar-refractivity contribution in [2.45, 2.75) is 52.6 Å². The molecule has 0 unspecified atom stereocenters. The molecule has 1 fully saturated rings. The first-order valence-electron chi connectivity index (χ1n) is 11.2. The van der Waals surface area contributed by atoms with E-state index in [1.54, 1.807) is 0 Å². The van der Waals surface area contributed by atoms with Gasteiger partial charge in [0.05, 0.1) is 0 Å². The third-order valence-corrected chi connectivity index (χ3v) is 6.09. The summed E-state index contributed by atoms with van der Waals surface area (Å²) in [6.07, 6.45) is 1.52. The van der Waals surface area contributed by atoms with Crippen LogP contribution >= 0.6 is 0 Å². The first-order chi connectivity index (χ1) is 14.5. The van der Waals surface area contributed by atoms with Crippen LogP contribution < -0.4 is 0 Å². The second-order valence-electron chi connectivity index (χ2n) is 8.59. The van der Waals surface area contributed by atoms with E-state index in [0.717, 1.165) is 32.6 Å². The lowest BCUT2D eigenvalue weighted by atomic mass is 9.97. The summed E-state index contributed by atoms with van der Waals surface area (Å²) >= 11 is 0. The van der Waals surface area contributed by atoms with E-state index < -0.39 is 0 Å². The van der Waals surface area contributed by atoms with Gasteiger partial charge in [-0.3, -0.25) is 14.5 Å². The smallest absolute Gasteiger partial charge is 0.223 e. The van der Waals surface area contributed by atoms with Gasteiger partial charge in [0.2, 0.25) is 5.91 Å². The van der Waals surface area contributed by atoms with E-state index in [-0.39, 0.29) is 30.6 Å². The van der Waals surface area contributed by atoms with E-state index in [0.29, 0.717) is 11.5 Å². The van der Waals surface area contributed by atoms with Crippen molar-refractivity contribution in [2.75, 3.05) is 19.6 Å². The maximum absolute atomic E-state index is 13.0. The molecule has 0 saturated carbocycles. The summed E-state index contributed by atoms with van der Waals surface area (Å²) in [6, 6.07) is 18.4. The normalized spacial score (nSPS) is 17.3. The van der Waals surface area contributed by atoms with Crippen LogP contribution in [0.1, 0.15) is 55.1 Å². The van der Waals surface area contributed by atoms with Crippen molar-refractivity contribution >= 4 is 11.7 Å². The standard InChI is InChI=1S/C26H34N2O2/c1-4-21-10-12-23(13-11-21)25(29)14-15-26(30)28-17-16-27(19-24(28)20(2)3)18-22-8-6-5-7-9-22/h5-13,20,24H,4,14-19H2,1-3H3/t24-/m1/s1. The van der Waals surface area contributed by atoms with Gasteiger partial charge in [0.1, 0.15) is 0 Å². The van der Waals surface area contributed by atoms with Crippen molar-refractivity contribution in [3.05, 3.63) is 71.3 Å². The fraction of sp³-hybridized carbons (Fsp3) is 0.462. The van der Waals surface area contributed by atoms with Crippen LogP contribution in [0.2, 0.25) is 0 Å². The van der Waals surface area contributed by atoms with Crippen molar-refractivity contribution in [1.82, 2.24) is 9.80 Å². The fourth-order valence-corrected chi connectivity index (χ4v) is 4.17. The van der Waals surface area contributed by atoms with Gasteiger partial charge in [-0.25, -0.2) is 0 Å². The van der Waals surface area contributed by atoms with Crippen LogP contribution in [0.5, 0.6) is 0 Å². The van der Waals surface area contributed by atoms with Crippen molar-refractivity contribution in [3.8, 4) is 0 Å². The van der Waals surface area contributed by atoms with Gasteiger partial charge in [0.25, 0.3) is 0 Å². The number of hydrogen-bond acceptors (Lipinski definition) is 3. The molecule has 1 saturated heterocycles. The average Bonchev–Trinajstić information content (AvgIpc) is 2.78. The van der Waals surface area contributed by atoms with Crippen molar-refractivity contribution in [1.29, 1.82) is 0 Å². The molecule has 0 bridgehead atoms. The number of piperazine rings is 1. The molecule has 0 spiro atoms. The van der Waals surface area contributed by atoms with Gasteiger partial charge in [-0.1, -0.05) is 75.4 Å². The maximum atomic E-state index is 13.0. The first kappa shape index (κ1) is 22.2. The number of carbonyl (C=O) groups is 2. The van der Waals surface area contributed by atoms with Crippen molar-refractivity contribution < 1.29 is 9.59 Å². The Bertz CT molecular complexity index is 830. The molecular weight excluding hydrogens is 372 g/mol. The van der Waals surface area contributed by atoms with Crippen molar-refractivity contribution in [2.24, 2.45) is 5.92 Å². The molecule has 0 aromatic heterocycles. The molecule has 1 aliphatic heterocycles. The Kier molecular flexibility index (Phi) is 7.81. The largest absolute Gasteiger partial charge is 0.337 e. The van der Waals surface area contributed by atoms with E-state index in [9.17, 15) is 9.59 Å². The van der Waals surface area contributed by atoms with Gasteiger partial charge in [0.15, 0.2) is 5.78 Å². The molecule has 30 heavy (non-hydrogen) atoms. The summed E-state index contributed by atoms with van der Waals surface area (Å²) in [5.41, 5.74) is 3.23. The zero-order chi connectivity index (χ0) is 21.5. The molecule has 2 aromatic rings. The lowest BCUT2D eigenvalue weighted by Gasteiger charge is -2.43. The molecule has 1 atom stereocenters. The molecular formula is C26H34N2O2. The minimum atomic E-state index is 0.0508. The molecule has 0 N–H and O–H groups in total. The Hall–Kier alpha value is -2.46. The number of nitrogens with zero attached hydrogens (tertiary/aromatic N) is 2. The van der Waals surface area contributed by atoms with Crippen LogP contribution in [0.3, 0.4) is 0 Å². The second-order valence-corrected chi connectivity index (χ2v) is 8.59. The summed E-state index contributed by atoms with van der Waals surface area (Å²) in [4.78, 5) is 29.9. The highest BCUT2D eigenvalue weighted by molar-refractivity contribution is 5.98. The summed E-state index contributed by atoms with van der Waals surface area (Å²) in [5.74, 6) is 0.534. The molecule has 2 aromatic carbocycles. The lowest BCUT2D eigenvalue weighted by Crippen LogP contribution is -2.56. The van der Waals surface area contributed by atoms with E-state index >= 15 is 0 Å². The molecule has 4 heteroatoms. The van der Waals surface area contributed by atoms with Gasteiger partial charge < -0.3 is 4.90 Å². The predicted octanol–water partition coefficient (Wildman–Crippen LogP) is 4.58. The Morgan fingerprint density at radius 2 is 1.63 bits per heavy atom. The third-order valence-electron chi connectivity index (χ3n) is 6.09. The molecule has 1 amide bonds. The minimum Gasteiger partial charge on any atom is -0.337 e. The molecule has 0 radical (unpaired) electrons. The summed E-state index contributed by atoms with van der Waals surface area (Å²) in [5, 5.41) is 0. The molecule has 4 nitrogen and oxygen atoms in total. The first-order valence-corrected chi connectivity index (χ1v) is 11.2. The van der Waals surface area contributed by atoms with Crippen LogP contribution in [0.15, 0.2) is 54.6 Å². The predicted molar refractivity (Wildman–Crippen MR) is 121 cm³/mol. The molecule has 0 aliphatic carbocycles. The number of carbonyl (C=O) groups excluding carboxylic acids is 2. The highest BCUT2D eigenvalue weighted by Crippen LogP contribution is 2.21. The van der Waals surface area contributed by atoms with Crippen LogP contribution in [0, 0.1) is 5.92 Å². The Morgan fingerprint density at radius 3 is 2.27 bits per heavy atom. The SMILES string of the molecule is CCc1ccc(C(=O)CCC(=O)N2CCN(Cc3ccccc3)C[C@@H]2C(C)C)cc1. The highest BCUT2D eigenvalue weighted by atomic mass is 16.2. The topological polar surface area (TPSA) is 40.6 Å². The van der Waals surface area contributed by atoms with Crippen LogP contribution in [-0.2, 0) is 17.8 Å². The fourth-order valence-electron chi connectivity index (χ4n) is 4.17. The lowest BCUT2D eigenvalue weighted by molar-refractivity contribution is -0.137. The minimum absolute atomic E-state index is 0.0508. The zero-order valence-corrected chi connectivity index (χ0v) is 18.5. The second kappa shape index (κ2) is 10.5. The molecule has 1 heterocycles. The number of Topliss-reactive ketones (excluding diaryl/α,β-unsaturated/α-hetero) is 1. The molecule has 1 aliphatic rings. The quantitative estimate of drug-likeness (QED) is 0.603. The Labute approximate surface area is 180 Å². The van der Waals surface area contributed by atoms with Gasteiger partial charge in [-0.05, 0) is 23.5 Å². The number of hydrogen-bond donors (Lipinski definition) is 0. The van der Waals surface area contributed by atoms with Crippen LogP contribution in [0.25, 0.3) is 0 Å². The monoisotopic (exact) mass is 406 g/mol. The number of ketones is 1. The number of rotatable bonds is 8.